The van der Waals surface area contributed by atoms with E-state index in [1.807, 2.05) is 13.1 Å². The van der Waals surface area contributed by atoms with Gasteiger partial charge in [-0.3, -0.25) is 5.10 Å². The molecular weight excluding hydrogens is 321 g/mol. The minimum Gasteiger partial charge on any atom is -0.337 e. The van der Waals surface area contributed by atoms with Crippen LogP contribution in [0.2, 0.25) is 0 Å². The molecule has 0 spiro atoms. The molecule has 2 aromatic rings. The molecule has 0 radical (unpaired) electrons. The standard InChI is InChI=1S/C17H22FN7/c1-19-8-17-6-11(7-17)25(9-17)16-20-13(18)5-14(22-16)21-15-4-12(23-24-15)10-2-3-10/h4-5,10-11,19H,2-3,6-9H2,1H3,(H2,20,21,22,23,24). The summed E-state index contributed by atoms with van der Waals surface area (Å²) in [5, 5.41) is 13.7. The zero-order chi connectivity index (χ0) is 17.0. The smallest absolute Gasteiger partial charge is 0.230 e. The maximum absolute atomic E-state index is 14.1. The van der Waals surface area contributed by atoms with Crippen molar-refractivity contribution in [3.05, 3.63) is 23.8 Å². The average Bonchev–Trinajstić information content (AvgIpc) is 3.03. The molecule has 6 rings (SSSR count). The van der Waals surface area contributed by atoms with Gasteiger partial charge < -0.3 is 15.5 Å². The summed E-state index contributed by atoms with van der Waals surface area (Å²) < 4.78 is 14.1. The van der Waals surface area contributed by atoms with E-state index in [4.69, 9.17) is 0 Å². The molecule has 0 amide bonds. The number of anilines is 3. The van der Waals surface area contributed by atoms with E-state index < -0.39 is 5.95 Å². The van der Waals surface area contributed by atoms with Gasteiger partial charge in [-0.15, -0.1) is 0 Å². The summed E-state index contributed by atoms with van der Waals surface area (Å²) in [6.07, 6.45) is 4.67. The molecule has 2 saturated heterocycles. The lowest BCUT2D eigenvalue weighted by Crippen LogP contribution is -2.41. The molecule has 4 aliphatic rings. The van der Waals surface area contributed by atoms with E-state index >= 15 is 0 Å². The largest absolute Gasteiger partial charge is 0.337 e. The number of nitrogens with one attached hydrogen (secondary N) is 3. The average molecular weight is 343 g/mol. The van der Waals surface area contributed by atoms with Crippen molar-refractivity contribution in [1.82, 2.24) is 25.5 Å². The first-order valence-corrected chi connectivity index (χ1v) is 8.92. The second-order valence-corrected chi connectivity index (χ2v) is 7.70. The Morgan fingerprint density at radius 1 is 1.28 bits per heavy atom. The Morgan fingerprint density at radius 3 is 2.88 bits per heavy atom. The SMILES string of the molecule is CNCC12CC(C1)N(c1nc(F)cc(Nc3cc(C4CC4)[nH]n3)n1)C2. The minimum atomic E-state index is -0.516. The third-order valence-corrected chi connectivity index (χ3v) is 5.65. The number of hydrogen-bond acceptors (Lipinski definition) is 6. The van der Waals surface area contributed by atoms with Crippen molar-refractivity contribution in [3.63, 3.8) is 0 Å². The first-order valence-electron chi connectivity index (χ1n) is 8.92. The van der Waals surface area contributed by atoms with Crippen molar-refractivity contribution in [2.45, 2.75) is 37.6 Å². The van der Waals surface area contributed by atoms with Crippen molar-refractivity contribution in [1.29, 1.82) is 0 Å². The highest BCUT2D eigenvalue weighted by molar-refractivity contribution is 5.54. The normalized spacial score (nSPS) is 27.4. The molecule has 0 aromatic carbocycles. The maximum Gasteiger partial charge on any atom is 0.230 e. The Balaban J connectivity index is 1.35. The summed E-state index contributed by atoms with van der Waals surface area (Å²) in [6, 6.07) is 3.72. The van der Waals surface area contributed by atoms with Gasteiger partial charge in [0.2, 0.25) is 11.9 Å². The van der Waals surface area contributed by atoms with E-state index in [-0.39, 0.29) is 0 Å². The van der Waals surface area contributed by atoms with Crippen LogP contribution >= 0.6 is 0 Å². The van der Waals surface area contributed by atoms with Crippen LogP contribution in [0.5, 0.6) is 0 Å². The van der Waals surface area contributed by atoms with Gasteiger partial charge in [-0.2, -0.15) is 19.5 Å². The molecule has 0 unspecified atom stereocenters. The van der Waals surface area contributed by atoms with Gasteiger partial charge in [-0.1, -0.05) is 0 Å². The second-order valence-electron chi connectivity index (χ2n) is 7.70. The van der Waals surface area contributed by atoms with Gasteiger partial charge in [0.25, 0.3) is 0 Å². The zero-order valence-electron chi connectivity index (χ0n) is 14.2. The second kappa shape index (κ2) is 5.39. The molecule has 132 valence electrons. The minimum absolute atomic E-state index is 0.296. The fourth-order valence-electron chi connectivity index (χ4n) is 4.32. The molecule has 4 fully saturated rings. The number of aromatic nitrogens is 4. The summed E-state index contributed by atoms with van der Waals surface area (Å²) in [5.74, 6) is 1.67. The van der Waals surface area contributed by atoms with E-state index in [0.717, 1.165) is 31.6 Å². The fourth-order valence-corrected chi connectivity index (χ4v) is 4.32. The predicted molar refractivity (Wildman–Crippen MR) is 92.6 cm³/mol. The van der Waals surface area contributed by atoms with Crippen molar-refractivity contribution in [3.8, 4) is 0 Å². The van der Waals surface area contributed by atoms with Crippen LogP contribution in [-0.4, -0.2) is 46.3 Å². The van der Waals surface area contributed by atoms with E-state index in [1.54, 1.807) is 0 Å². The molecule has 2 saturated carbocycles. The number of aromatic amines is 1. The lowest BCUT2D eigenvalue weighted by Gasteiger charge is -2.36. The Kier molecular flexibility index (Phi) is 3.25. The Labute approximate surface area is 145 Å². The van der Waals surface area contributed by atoms with Crippen LogP contribution in [0.4, 0.5) is 22.0 Å². The molecule has 8 heteroatoms. The molecule has 2 aromatic heterocycles. The van der Waals surface area contributed by atoms with E-state index in [1.165, 1.54) is 18.9 Å². The Hall–Kier alpha value is -2.22. The van der Waals surface area contributed by atoms with Gasteiger partial charge in [0.15, 0.2) is 5.82 Å². The Morgan fingerprint density at radius 2 is 2.12 bits per heavy atom. The topological polar surface area (TPSA) is 81.8 Å². The molecule has 4 heterocycles. The zero-order valence-corrected chi connectivity index (χ0v) is 14.2. The summed E-state index contributed by atoms with van der Waals surface area (Å²) in [7, 11) is 1.98. The predicted octanol–water partition coefficient (Wildman–Crippen LogP) is 2.15. The quantitative estimate of drug-likeness (QED) is 0.697. The van der Waals surface area contributed by atoms with Crippen LogP contribution < -0.4 is 15.5 Å². The molecule has 2 aliphatic carbocycles. The van der Waals surface area contributed by atoms with Crippen molar-refractivity contribution in [2.75, 3.05) is 30.4 Å². The van der Waals surface area contributed by atoms with Gasteiger partial charge in [0, 0.05) is 48.3 Å². The van der Waals surface area contributed by atoms with Crippen molar-refractivity contribution < 1.29 is 4.39 Å². The van der Waals surface area contributed by atoms with Crippen LogP contribution in [0.25, 0.3) is 0 Å². The molecule has 3 N–H and O–H groups in total. The van der Waals surface area contributed by atoms with Gasteiger partial charge in [0.1, 0.15) is 5.82 Å². The molecule has 0 atom stereocenters. The summed E-state index contributed by atoms with van der Waals surface area (Å²) in [6.45, 7) is 1.87. The third-order valence-electron chi connectivity index (χ3n) is 5.65. The van der Waals surface area contributed by atoms with E-state index in [0.29, 0.717) is 35.0 Å². The lowest BCUT2D eigenvalue weighted by molar-refractivity contribution is 0.196. The maximum atomic E-state index is 14.1. The summed E-state index contributed by atoms with van der Waals surface area (Å²) in [5.41, 5.74) is 1.43. The van der Waals surface area contributed by atoms with Crippen LogP contribution in [0.3, 0.4) is 0 Å². The van der Waals surface area contributed by atoms with Gasteiger partial charge >= 0.3 is 0 Å². The molecule has 7 nitrogen and oxygen atoms in total. The summed E-state index contributed by atoms with van der Waals surface area (Å²) in [4.78, 5) is 10.7. The van der Waals surface area contributed by atoms with Crippen LogP contribution in [0, 0.1) is 11.4 Å². The molecule has 25 heavy (non-hydrogen) atoms. The first-order chi connectivity index (χ1) is 12.1. The van der Waals surface area contributed by atoms with Crippen LogP contribution in [0.15, 0.2) is 12.1 Å². The third kappa shape index (κ3) is 2.64. The monoisotopic (exact) mass is 343 g/mol. The highest BCUT2D eigenvalue weighted by atomic mass is 19.1. The van der Waals surface area contributed by atoms with Crippen LogP contribution in [0.1, 0.15) is 37.3 Å². The molecule has 2 aliphatic heterocycles. The van der Waals surface area contributed by atoms with Crippen molar-refractivity contribution >= 4 is 17.6 Å². The number of nitrogens with zero attached hydrogens (tertiary/aromatic N) is 4. The summed E-state index contributed by atoms with van der Waals surface area (Å²) >= 11 is 0. The first kappa shape index (κ1) is 15.1. The fraction of sp³-hybridized carbons (Fsp3) is 0.588. The van der Waals surface area contributed by atoms with E-state index in [9.17, 15) is 4.39 Å². The van der Waals surface area contributed by atoms with Gasteiger partial charge in [-0.25, -0.2) is 0 Å². The number of halogens is 1. The highest BCUT2D eigenvalue weighted by Gasteiger charge is 2.55. The number of H-pyrrole nitrogens is 1. The highest BCUT2D eigenvalue weighted by Crippen LogP contribution is 2.52. The number of rotatable bonds is 6. The molecular formula is C17H22FN7. The van der Waals surface area contributed by atoms with Crippen molar-refractivity contribution in [2.24, 2.45) is 5.41 Å². The van der Waals surface area contributed by atoms with Gasteiger partial charge in [-0.05, 0) is 32.7 Å². The number of fused-ring (bicyclic) bond motifs is 1. The van der Waals surface area contributed by atoms with E-state index in [2.05, 4.69) is 35.7 Å². The lowest BCUT2D eigenvalue weighted by atomic mass is 9.70. The Bertz CT molecular complexity index is 794. The van der Waals surface area contributed by atoms with Crippen LogP contribution in [-0.2, 0) is 0 Å². The molecule has 2 bridgehead atoms. The number of hydrogen-bond donors (Lipinski definition) is 3. The van der Waals surface area contributed by atoms with Gasteiger partial charge in [0.05, 0.1) is 0 Å².